The maximum Gasteiger partial charge on any atom is 0.357 e. The van der Waals surface area contributed by atoms with Gasteiger partial charge in [-0.05, 0) is 24.3 Å². The average molecular weight is 280 g/mol. The van der Waals surface area contributed by atoms with E-state index in [4.69, 9.17) is 10.5 Å². The van der Waals surface area contributed by atoms with Crippen LogP contribution >= 0.6 is 0 Å². The van der Waals surface area contributed by atoms with Crippen LogP contribution < -0.4 is 5.73 Å². The number of aromatic nitrogens is 3. The largest absolute Gasteiger partial charge is 0.453 e. The molecule has 2 heterocycles. The number of nitrogens with two attached hydrogens (primary N) is 1. The fraction of sp³-hybridized carbons (Fsp3) is 0.0667. The maximum absolute atomic E-state index is 11.8. The Labute approximate surface area is 120 Å². The number of nitrogens with zero attached hydrogens (tertiary/aromatic N) is 3. The van der Waals surface area contributed by atoms with E-state index in [1.54, 1.807) is 18.2 Å². The van der Waals surface area contributed by atoms with Gasteiger partial charge in [-0.2, -0.15) is 0 Å². The van der Waals surface area contributed by atoms with Crippen LogP contribution in [0.15, 0.2) is 48.7 Å². The number of hydrogen-bond donors (Lipinski definition) is 1. The van der Waals surface area contributed by atoms with Crippen LogP contribution in [0.5, 0.6) is 0 Å². The number of nitrogen functional groups attached to an aromatic ring is 1. The van der Waals surface area contributed by atoms with Crippen molar-refractivity contribution in [3.8, 4) is 0 Å². The van der Waals surface area contributed by atoms with E-state index in [-0.39, 0.29) is 12.3 Å². The van der Waals surface area contributed by atoms with Crippen LogP contribution in [0.1, 0.15) is 16.3 Å². The van der Waals surface area contributed by atoms with Gasteiger partial charge < -0.3 is 10.5 Å². The Morgan fingerprint density at radius 2 is 1.90 bits per heavy atom. The molecular weight excluding hydrogens is 268 g/mol. The molecule has 3 rings (SSSR count). The third kappa shape index (κ3) is 2.79. The molecule has 0 spiro atoms. The zero-order valence-electron chi connectivity index (χ0n) is 11.1. The van der Waals surface area contributed by atoms with Crippen molar-refractivity contribution in [3.05, 3.63) is 60.2 Å². The van der Waals surface area contributed by atoms with Gasteiger partial charge in [-0.3, -0.25) is 0 Å². The molecule has 0 aliphatic carbocycles. The molecule has 0 atom stereocenters. The SMILES string of the molecule is Nc1nc(COC(=O)c2ccccn2)nc2ccccc12. The number of rotatable bonds is 3. The lowest BCUT2D eigenvalue weighted by molar-refractivity contribution is 0.0456. The molecule has 2 aromatic heterocycles. The topological polar surface area (TPSA) is 91.0 Å². The van der Waals surface area contributed by atoms with E-state index in [0.717, 1.165) is 5.39 Å². The third-order valence-electron chi connectivity index (χ3n) is 2.89. The predicted molar refractivity (Wildman–Crippen MR) is 77.3 cm³/mol. The Balaban J connectivity index is 1.78. The molecule has 104 valence electrons. The van der Waals surface area contributed by atoms with Gasteiger partial charge in [-0.15, -0.1) is 0 Å². The Morgan fingerprint density at radius 3 is 2.71 bits per heavy atom. The molecule has 0 saturated carbocycles. The van der Waals surface area contributed by atoms with Gasteiger partial charge in [0, 0.05) is 11.6 Å². The van der Waals surface area contributed by atoms with Crippen LogP contribution in [0, 0.1) is 0 Å². The maximum atomic E-state index is 11.8. The zero-order valence-corrected chi connectivity index (χ0v) is 11.1. The molecule has 0 fully saturated rings. The number of hydrogen-bond acceptors (Lipinski definition) is 6. The van der Waals surface area contributed by atoms with Crippen molar-refractivity contribution in [1.29, 1.82) is 0 Å². The molecule has 2 N–H and O–H groups in total. The number of carbonyl (C=O) groups excluding carboxylic acids is 1. The van der Waals surface area contributed by atoms with Crippen molar-refractivity contribution >= 4 is 22.7 Å². The zero-order chi connectivity index (χ0) is 14.7. The Morgan fingerprint density at radius 1 is 1.10 bits per heavy atom. The molecule has 0 bridgehead atoms. The molecule has 0 unspecified atom stereocenters. The summed E-state index contributed by atoms with van der Waals surface area (Å²) in [6.45, 7) is -0.0511. The van der Waals surface area contributed by atoms with E-state index in [9.17, 15) is 4.79 Å². The van der Waals surface area contributed by atoms with Crippen LogP contribution in [0.2, 0.25) is 0 Å². The lowest BCUT2D eigenvalue weighted by atomic mass is 10.2. The van der Waals surface area contributed by atoms with E-state index in [1.807, 2.05) is 24.3 Å². The van der Waals surface area contributed by atoms with E-state index in [1.165, 1.54) is 6.20 Å². The number of benzene rings is 1. The number of fused-ring (bicyclic) bond motifs is 1. The number of anilines is 1. The third-order valence-corrected chi connectivity index (χ3v) is 2.89. The first-order valence-corrected chi connectivity index (χ1v) is 6.33. The first-order chi connectivity index (χ1) is 10.2. The van der Waals surface area contributed by atoms with Crippen molar-refractivity contribution in [2.45, 2.75) is 6.61 Å². The molecule has 6 nitrogen and oxygen atoms in total. The summed E-state index contributed by atoms with van der Waals surface area (Å²) in [5, 5.41) is 0.775. The van der Waals surface area contributed by atoms with Gasteiger partial charge in [0.1, 0.15) is 11.5 Å². The van der Waals surface area contributed by atoms with Gasteiger partial charge in [0.05, 0.1) is 5.52 Å². The highest BCUT2D eigenvalue weighted by atomic mass is 16.5. The quantitative estimate of drug-likeness (QED) is 0.737. The minimum absolute atomic E-state index is 0.0511. The number of para-hydroxylation sites is 1. The minimum atomic E-state index is -0.522. The molecule has 0 saturated heterocycles. The van der Waals surface area contributed by atoms with Gasteiger partial charge in [0.2, 0.25) is 0 Å². The Bertz CT molecular complexity index is 790. The average Bonchev–Trinajstić information content (AvgIpc) is 2.53. The van der Waals surface area contributed by atoms with Crippen LogP contribution in [-0.2, 0) is 11.3 Å². The fourth-order valence-corrected chi connectivity index (χ4v) is 1.90. The van der Waals surface area contributed by atoms with Gasteiger partial charge in [-0.25, -0.2) is 19.7 Å². The second-order valence-corrected chi connectivity index (χ2v) is 4.33. The second-order valence-electron chi connectivity index (χ2n) is 4.33. The smallest absolute Gasteiger partial charge is 0.357 e. The summed E-state index contributed by atoms with van der Waals surface area (Å²) in [5.41, 5.74) is 6.83. The summed E-state index contributed by atoms with van der Waals surface area (Å²) < 4.78 is 5.14. The summed E-state index contributed by atoms with van der Waals surface area (Å²) in [6, 6.07) is 12.4. The van der Waals surface area contributed by atoms with E-state index < -0.39 is 5.97 Å². The number of esters is 1. The molecule has 3 aromatic rings. The molecule has 1 aromatic carbocycles. The minimum Gasteiger partial charge on any atom is -0.453 e. The fourth-order valence-electron chi connectivity index (χ4n) is 1.90. The molecular formula is C15H12N4O2. The van der Waals surface area contributed by atoms with Crippen LogP contribution in [0.25, 0.3) is 10.9 Å². The highest BCUT2D eigenvalue weighted by Crippen LogP contribution is 2.17. The van der Waals surface area contributed by atoms with Gasteiger partial charge in [-0.1, -0.05) is 18.2 Å². The monoisotopic (exact) mass is 280 g/mol. The highest BCUT2D eigenvalue weighted by Gasteiger charge is 2.10. The van der Waals surface area contributed by atoms with Crippen molar-refractivity contribution in [2.75, 3.05) is 5.73 Å². The lowest BCUT2D eigenvalue weighted by Gasteiger charge is -2.06. The lowest BCUT2D eigenvalue weighted by Crippen LogP contribution is -2.09. The Hall–Kier alpha value is -3.02. The molecule has 0 amide bonds. The van der Waals surface area contributed by atoms with Gasteiger partial charge >= 0.3 is 5.97 Å². The van der Waals surface area contributed by atoms with Crippen LogP contribution in [0.3, 0.4) is 0 Å². The standard InChI is InChI=1S/C15H12N4O2/c16-14-10-5-1-2-6-11(10)18-13(19-14)9-21-15(20)12-7-3-4-8-17-12/h1-8H,9H2,(H2,16,18,19). The van der Waals surface area contributed by atoms with Gasteiger partial charge in [0.15, 0.2) is 12.4 Å². The first-order valence-electron chi connectivity index (χ1n) is 6.33. The van der Waals surface area contributed by atoms with Crippen molar-refractivity contribution in [2.24, 2.45) is 0 Å². The summed E-state index contributed by atoms with van der Waals surface area (Å²) >= 11 is 0. The molecule has 6 heteroatoms. The number of pyridine rings is 1. The second kappa shape index (κ2) is 5.54. The normalized spacial score (nSPS) is 10.5. The van der Waals surface area contributed by atoms with Crippen molar-refractivity contribution in [3.63, 3.8) is 0 Å². The summed E-state index contributed by atoms with van der Waals surface area (Å²) in [6.07, 6.45) is 1.53. The molecule has 21 heavy (non-hydrogen) atoms. The van der Waals surface area contributed by atoms with E-state index >= 15 is 0 Å². The molecule has 0 aliphatic heterocycles. The highest BCUT2D eigenvalue weighted by molar-refractivity contribution is 5.88. The first kappa shape index (κ1) is 13.0. The predicted octanol–water partition coefficient (Wildman–Crippen LogP) is 1.96. The van der Waals surface area contributed by atoms with Crippen LogP contribution in [-0.4, -0.2) is 20.9 Å². The number of carbonyl (C=O) groups is 1. The van der Waals surface area contributed by atoms with Gasteiger partial charge in [0.25, 0.3) is 0 Å². The molecule has 0 aliphatic rings. The Kier molecular flexibility index (Phi) is 3.42. The number of ether oxygens (including phenoxy) is 1. The van der Waals surface area contributed by atoms with Crippen molar-refractivity contribution < 1.29 is 9.53 Å². The summed E-state index contributed by atoms with van der Waals surface area (Å²) in [7, 11) is 0. The summed E-state index contributed by atoms with van der Waals surface area (Å²) in [5.74, 6) is 0.200. The van der Waals surface area contributed by atoms with Crippen molar-refractivity contribution in [1.82, 2.24) is 15.0 Å². The summed E-state index contributed by atoms with van der Waals surface area (Å²) in [4.78, 5) is 24.2. The van der Waals surface area contributed by atoms with Crippen LogP contribution in [0.4, 0.5) is 5.82 Å². The molecule has 0 radical (unpaired) electrons. The van der Waals surface area contributed by atoms with E-state index in [2.05, 4.69) is 15.0 Å². The van der Waals surface area contributed by atoms with E-state index in [0.29, 0.717) is 17.2 Å².